The lowest BCUT2D eigenvalue weighted by molar-refractivity contribution is -0.0254. The largest absolute Gasteiger partial charge is 0.329 e. The molecule has 0 spiro atoms. The fourth-order valence-corrected chi connectivity index (χ4v) is 5.96. The van der Waals surface area contributed by atoms with Crippen molar-refractivity contribution in [3.8, 4) is 0 Å². The quantitative estimate of drug-likeness (QED) is 0.781. The van der Waals surface area contributed by atoms with E-state index in [1.54, 1.807) is 0 Å². The van der Waals surface area contributed by atoms with Gasteiger partial charge in [-0.05, 0) is 39.2 Å². The molecule has 0 amide bonds. The van der Waals surface area contributed by atoms with Crippen molar-refractivity contribution in [3.63, 3.8) is 0 Å². The van der Waals surface area contributed by atoms with Crippen LogP contribution in [0.1, 0.15) is 32.6 Å². The van der Waals surface area contributed by atoms with Gasteiger partial charge in [0.15, 0.2) is 0 Å². The highest BCUT2D eigenvalue weighted by Gasteiger charge is 2.46. The third kappa shape index (κ3) is 2.51. The van der Waals surface area contributed by atoms with Crippen LogP contribution in [0, 0.1) is 0 Å². The summed E-state index contributed by atoms with van der Waals surface area (Å²) in [5.41, 5.74) is 6.02. The van der Waals surface area contributed by atoms with Crippen molar-refractivity contribution < 1.29 is 8.42 Å². The normalized spacial score (nSPS) is 37.7. The van der Waals surface area contributed by atoms with Crippen molar-refractivity contribution in [1.29, 1.82) is 0 Å². The predicted octanol–water partition coefficient (Wildman–Crippen LogP) is 0.0610. The van der Waals surface area contributed by atoms with Crippen molar-refractivity contribution in [2.45, 2.75) is 50.2 Å². The molecule has 3 saturated heterocycles. The van der Waals surface area contributed by atoms with Crippen LogP contribution in [0.25, 0.3) is 0 Å². The molecule has 3 aliphatic rings. The Morgan fingerprint density at radius 2 is 1.95 bits per heavy atom. The van der Waals surface area contributed by atoms with E-state index < -0.39 is 9.84 Å². The van der Waals surface area contributed by atoms with Gasteiger partial charge in [0.1, 0.15) is 9.84 Å². The molecule has 2 N–H and O–H groups in total. The van der Waals surface area contributed by atoms with Crippen LogP contribution >= 0.6 is 0 Å². The molecule has 3 aliphatic heterocycles. The van der Waals surface area contributed by atoms with Gasteiger partial charge in [0.25, 0.3) is 0 Å². The van der Waals surface area contributed by atoms with Crippen molar-refractivity contribution in [2.75, 3.05) is 37.7 Å². The second-order valence-electron chi connectivity index (χ2n) is 6.87. The van der Waals surface area contributed by atoms with E-state index in [2.05, 4.69) is 16.7 Å². The Balaban J connectivity index is 1.78. The number of hydrogen-bond acceptors (Lipinski definition) is 5. The molecule has 0 radical (unpaired) electrons. The maximum atomic E-state index is 11.7. The zero-order chi connectivity index (χ0) is 14.4. The van der Waals surface area contributed by atoms with Gasteiger partial charge in [-0.25, -0.2) is 8.42 Å². The van der Waals surface area contributed by atoms with E-state index in [9.17, 15) is 8.42 Å². The monoisotopic (exact) mass is 301 g/mol. The van der Waals surface area contributed by atoms with Crippen LogP contribution in [0.2, 0.25) is 0 Å². The summed E-state index contributed by atoms with van der Waals surface area (Å²) in [6.45, 7) is 6.26. The summed E-state index contributed by atoms with van der Waals surface area (Å²) >= 11 is 0. The number of nitrogens with two attached hydrogens (primary N) is 1. The van der Waals surface area contributed by atoms with Crippen LogP contribution in [-0.4, -0.2) is 73.5 Å². The van der Waals surface area contributed by atoms with Gasteiger partial charge in [0, 0.05) is 37.3 Å². The molecule has 0 aromatic rings. The third-order valence-electron chi connectivity index (χ3n) is 5.68. The minimum absolute atomic E-state index is 0.0839. The maximum Gasteiger partial charge on any atom is 0.150 e. The van der Waals surface area contributed by atoms with Gasteiger partial charge in [-0.15, -0.1) is 0 Å². The van der Waals surface area contributed by atoms with E-state index >= 15 is 0 Å². The van der Waals surface area contributed by atoms with Crippen LogP contribution in [0.3, 0.4) is 0 Å². The average Bonchev–Trinajstić information content (AvgIpc) is 2.86. The first-order chi connectivity index (χ1) is 9.46. The minimum atomic E-state index is -2.83. The Labute approximate surface area is 122 Å². The van der Waals surface area contributed by atoms with Gasteiger partial charge in [0.2, 0.25) is 0 Å². The van der Waals surface area contributed by atoms with Crippen LogP contribution in [0.4, 0.5) is 0 Å². The van der Waals surface area contributed by atoms with Crippen molar-refractivity contribution in [3.05, 3.63) is 0 Å². The summed E-state index contributed by atoms with van der Waals surface area (Å²) in [5, 5.41) is 0. The molecule has 3 rings (SSSR count). The van der Waals surface area contributed by atoms with Gasteiger partial charge in [0.05, 0.1) is 11.5 Å². The molecule has 3 heterocycles. The topological polar surface area (TPSA) is 66.6 Å². The summed E-state index contributed by atoms with van der Waals surface area (Å²) in [4.78, 5) is 5.15. The molecular formula is C14H27N3O2S. The average molecular weight is 301 g/mol. The number of piperazine rings is 1. The molecule has 0 aromatic heterocycles. The first-order valence-electron chi connectivity index (χ1n) is 7.87. The molecule has 116 valence electrons. The fourth-order valence-electron chi connectivity index (χ4n) is 4.37. The Hall–Kier alpha value is -0.170. The van der Waals surface area contributed by atoms with Gasteiger partial charge in [-0.1, -0.05) is 0 Å². The third-order valence-corrected chi connectivity index (χ3v) is 7.34. The molecule has 5 nitrogen and oxygen atoms in total. The molecule has 0 aliphatic carbocycles. The first-order valence-corrected chi connectivity index (χ1v) is 9.69. The highest BCUT2D eigenvalue weighted by atomic mass is 32.2. The highest BCUT2D eigenvalue weighted by Crippen LogP contribution is 2.35. The van der Waals surface area contributed by atoms with Gasteiger partial charge < -0.3 is 5.73 Å². The molecule has 0 bridgehead atoms. The number of hydrogen-bond donors (Lipinski definition) is 1. The molecule has 0 aromatic carbocycles. The van der Waals surface area contributed by atoms with E-state index in [0.717, 1.165) is 13.1 Å². The van der Waals surface area contributed by atoms with Crippen LogP contribution in [-0.2, 0) is 9.84 Å². The van der Waals surface area contributed by atoms with Crippen LogP contribution in [0.15, 0.2) is 0 Å². The minimum Gasteiger partial charge on any atom is -0.329 e. The highest BCUT2D eigenvalue weighted by molar-refractivity contribution is 7.91. The molecule has 2 atom stereocenters. The zero-order valence-electron chi connectivity index (χ0n) is 12.4. The van der Waals surface area contributed by atoms with E-state index in [1.165, 1.54) is 19.4 Å². The standard InChI is InChI=1S/C14H27N3O2S/c1-12-9-16-6-2-3-13(16)10-17(12)14(11-15)4-7-20(18,19)8-5-14/h12-13H,2-11,15H2,1H3. The second-order valence-corrected chi connectivity index (χ2v) is 9.18. The van der Waals surface area contributed by atoms with E-state index in [1.807, 2.05) is 0 Å². The van der Waals surface area contributed by atoms with Gasteiger partial charge in [-0.3, -0.25) is 9.80 Å². The van der Waals surface area contributed by atoms with E-state index in [4.69, 9.17) is 5.73 Å². The Morgan fingerprint density at radius 1 is 1.25 bits per heavy atom. The number of fused-ring (bicyclic) bond motifs is 1. The van der Waals surface area contributed by atoms with Crippen molar-refractivity contribution >= 4 is 9.84 Å². The summed E-state index contributed by atoms with van der Waals surface area (Å²) in [6.07, 6.45) is 4.00. The van der Waals surface area contributed by atoms with Crippen molar-refractivity contribution in [2.24, 2.45) is 5.73 Å². The fraction of sp³-hybridized carbons (Fsp3) is 1.00. The number of rotatable bonds is 2. The van der Waals surface area contributed by atoms with Crippen LogP contribution in [0.5, 0.6) is 0 Å². The lowest BCUT2D eigenvalue weighted by Crippen LogP contribution is -2.67. The Bertz CT molecular complexity index is 451. The van der Waals surface area contributed by atoms with E-state index in [-0.39, 0.29) is 5.54 Å². The molecule has 3 fully saturated rings. The summed E-state index contributed by atoms with van der Waals surface area (Å²) in [5.74, 6) is 0.615. The summed E-state index contributed by atoms with van der Waals surface area (Å²) in [6, 6.07) is 1.14. The molecule has 6 heteroatoms. The van der Waals surface area contributed by atoms with Gasteiger partial charge in [-0.2, -0.15) is 0 Å². The maximum absolute atomic E-state index is 11.7. The van der Waals surface area contributed by atoms with E-state index in [0.29, 0.717) is 43.0 Å². The molecule has 2 unspecified atom stereocenters. The summed E-state index contributed by atoms with van der Waals surface area (Å²) < 4.78 is 23.5. The Kier molecular flexibility index (Phi) is 3.86. The summed E-state index contributed by atoms with van der Waals surface area (Å²) in [7, 11) is -2.83. The number of sulfone groups is 1. The number of nitrogens with zero attached hydrogens (tertiary/aromatic N) is 2. The Morgan fingerprint density at radius 3 is 2.60 bits per heavy atom. The van der Waals surface area contributed by atoms with Gasteiger partial charge >= 0.3 is 0 Å². The molecule has 20 heavy (non-hydrogen) atoms. The lowest BCUT2D eigenvalue weighted by atomic mass is 9.87. The first kappa shape index (κ1) is 14.8. The lowest BCUT2D eigenvalue weighted by Gasteiger charge is -2.53. The second kappa shape index (κ2) is 5.23. The smallest absolute Gasteiger partial charge is 0.150 e. The SMILES string of the molecule is CC1CN2CCCC2CN1C1(CN)CCS(=O)(=O)CC1. The van der Waals surface area contributed by atoms with Crippen molar-refractivity contribution in [1.82, 2.24) is 9.80 Å². The molecule has 0 saturated carbocycles. The predicted molar refractivity (Wildman–Crippen MR) is 80.4 cm³/mol. The van der Waals surface area contributed by atoms with Crippen LogP contribution < -0.4 is 5.73 Å². The zero-order valence-corrected chi connectivity index (χ0v) is 13.2. The molecular weight excluding hydrogens is 274 g/mol.